The number of fused-ring (bicyclic) bond motifs is 1. The highest BCUT2D eigenvalue weighted by Crippen LogP contribution is 2.39. The van der Waals surface area contributed by atoms with Crippen molar-refractivity contribution in [3.63, 3.8) is 0 Å². The number of hydrogen-bond acceptors (Lipinski definition) is 15. The van der Waals surface area contributed by atoms with Crippen molar-refractivity contribution in [2.75, 3.05) is 12.3 Å². The van der Waals surface area contributed by atoms with E-state index < -0.39 is 113 Å². The van der Waals surface area contributed by atoms with Crippen LogP contribution in [0.5, 0.6) is 5.75 Å². The standard InChI is InChI=1S/C50H67N11O11S2/c1-26(62)39(42(53)65)59-49(72)41-50(3,4)74-73-25-38(58-43(66)33(52)21-28-11-6-5-7-12-28)47(70)56-36(22-29-16-18-31(64)19-17-29)45(68)57-37(23-30-24-54-34-14-9-8-13-32(30)34)46(69)55-35(15-10-20-51)44(67)60-40(27(2)63)48(71)61-41/h5-9,11-14,16-19,24,26-27,33,35-41,54,62-64H,10,15,20-23,25,51-52H2,1-4H3,(H2,53,65)(H,55,69)(H,56,70)(H,57,68)(H,58,66)(H,59,72)(H,60,67)(H,61,71)/t26-,27-,33-,35+,36-,37-,38+,39+,40+,41-/m1/s1. The first kappa shape index (κ1) is 58.2. The molecule has 0 spiro atoms. The van der Waals surface area contributed by atoms with Gasteiger partial charge >= 0.3 is 0 Å². The molecule has 74 heavy (non-hydrogen) atoms. The molecule has 17 N–H and O–H groups in total. The largest absolute Gasteiger partial charge is 0.508 e. The van der Waals surface area contributed by atoms with Crippen LogP contribution in [0, 0.1) is 0 Å². The van der Waals surface area contributed by atoms with E-state index in [4.69, 9.17) is 17.2 Å². The summed E-state index contributed by atoms with van der Waals surface area (Å²) in [5, 5.41) is 50.5. The van der Waals surface area contributed by atoms with E-state index in [-0.39, 0.29) is 50.2 Å². The average molecular weight is 1060 g/mol. The second-order valence-electron chi connectivity index (χ2n) is 18.7. The third-order valence-electron chi connectivity index (χ3n) is 12.2. The molecule has 2 heterocycles. The molecule has 0 unspecified atom stereocenters. The Morgan fingerprint density at radius 3 is 2.01 bits per heavy atom. The summed E-state index contributed by atoms with van der Waals surface area (Å²) in [5.74, 6) is -7.70. The van der Waals surface area contributed by atoms with E-state index in [2.05, 4.69) is 42.2 Å². The third-order valence-corrected chi connectivity index (χ3v) is 15.5. The molecule has 0 bridgehead atoms. The first-order valence-electron chi connectivity index (χ1n) is 24.0. The van der Waals surface area contributed by atoms with Crippen LogP contribution in [0.1, 0.15) is 57.2 Å². The first-order valence-corrected chi connectivity index (χ1v) is 26.3. The van der Waals surface area contributed by atoms with Gasteiger partial charge in [0.1, 0.15) is 48.0 Å². The lowest BCUT2D eigenvalue weighted by molar-refractivity contribution is -0.137. The van der Waals surface area contributed by atoms with Crippen LogP contribution >= 0.6 is 21.6 Å². The van der Waals surface area contributed by atoms with Gasteiger partial charge in [0.2, 0.25) is 47.3 Å². The SMILES string of the molecule is C[C@@H](O)[C@H](NC(=O)[C@H]1NC(=O)[C@H]([C@@H](C)O)NC(=O)[C@H](CCCN)NC(=O)[C@@H](Cc2c[nH]c3ccccc23)NC(=O)[C@@H](Cc2ccc(O)cc2)NC(=O)[C@@H](NC(=O)[C@H](N)Cc2ccccc2)CSSC1(C)C)C(N)=O. The second-order valence-corrected chi connectivity index (χ2v) is 21.7. The smallest absolute Gasteiger partial charge is 0.245 e. The predicted octanol–water partition coefficient (Wildman–Crippen LogP) is -1.22. The van der Waals surface area contributed by atoms with E-state index in [0.717, 1.165) is 38.1 Å². The van der Waals surface area contributed by atoms with Crippen LogP contribution in [0.3, 0.4) is 0 Å². The molecule has 22 nitrogen and oxygen atoms in total. The van der Waals surface area contributed by atoms with Gasteiger partial charge in [-0.25, -0.2) is 0 Å². The molecule has 0 radical (unpaired) electrons. The zero-order chi connectivity index (χ0) is 54.3. The molecule has 400 valence electrons. The van der Waals surface area contributed by atoms with Gasteiger partial charge in [0.25, 0.3) is 0 Å². The second kappa shape index (κ2) is 27.0. The van der Waals surface area contributed by atoms with Crippen molar-refractivity contribution >= 4 is 79.7 Å². The van der Waals surface area contributed by atoms with Crippen LogP contribution in [0.2, 0.25) is 0 Å². The van der Waals surface area contributed by atoms with Crippen molar-refractivity contribution in [2.45, 2.75) is 125 Å². The number of nitrogens with one attached hydrogen (secondary N) is 8. The number of primary amides is 1. The van der Waals surface area contributed by atoms with E-state index in [1.54, 1.807) is 42.6 Å². The van der Waals surface area contributed by atoms with Crippen molar-refractivity contribution in [1.29, 1.82) is 0 Å². The number of phenols is 1. The van der Waals surface area contributed by atoms with E-state index in [9.17, 15) is 53.7 Å². The molecule has 1 aromatic heterocycles. The number of phenolic OH excluding ortho intramolecular Hbond substituents is 1. The summed E-state index contributed by atoms with van der Waals surface area (Å²) in [7, 11) is 1.94. The van der Waals surface area contributed by atoms with Crippen molar-refractivity contribution in [3.05, 3.63) is 102 Å². The van der Waals surface area contributed by atoms with Crippen molar-refractivity contribution in [3.8, 4) is 5.75 Å². The number of rotatable bonds is 16. The normalized spacial score (nSPS) is 23.1. The Morgan fingerprint density at radius 1 is 0.770 bits per heavy atom. The van der Waals surface area contributed by atoms with Crippen LogP contribution in [0.4, 0.5) is 0 Å². The van der Waals surface area contributed by atoms with Gasteiger partial charge in [-0.1, -0.05) is 82.3 Å². The minimum absolute atomic E-state index is 0.0658. The number of nitrogens with two attached hydrogens (primary N) is 3. The Morgan fingerprint density at radius 2 is 1.38 bits per heavy atom. The highest BCUT2D eigenvalue weighted by Gasteiger charge is 2.43. The lowest BCUT2D eigenvalue weighted by Gasteiger charge is -2.36. The van der Waals surface area contributed by atoms with E-state index in [1.165, 1.54) is 52.0 Å². The summed E-state index contributed by atoms with van der Waals surface area (Å²) in [5.41, 5.74) is 20.3. The fourth-order valence-corrected chi connectivity index (χ4v) is 10.9. The van der Waals surface area contributed by atoms with Crippen molar-refractivity contribution in [1.82, 2.24) is 42.2 Å². The number of H-pyrrole nitrogens is 1. The number of aromatic amines is 1. The Bertz CT molecular complexity index is 2600. The molecule has 5 rings (SSSR count). The minimum atomic E-state index is -1.76. The maximum atomic E-state index is 14.8. The molecule has 1 aliphatic rings. The first-order chi connectivity index (χ1) is 35.1. The molecule has 1 fully saturated rings. The van der Waals surface area contributed by atoms with Crippen molar-refractivity contribution < 1.29 is 53.7 Å². The van der Waals surface area contributed by atoms with Crippen LogP contribution in [-0.4, -0.2) is 145 Å². The lowest BCUT2D eigenvalue weighted by Crippen LogP contribution is -2.65. The molecule has 0 saturated carbocycles. The monoisotopic (exact) mass is 1060 g/mol. The Kier molecular flexibility index (Phi) is 21.2. The van der Waals surface area contributed by atoms with Gasteiger partial charge in [-0.05, 0) is 88.4 Å². The fraction of sp³-hybridized carbons (Fsp3) is 0.440. The Hall–Kier alpha value is -6.70. The molecule has 24 heteroatoms. The van der Waals surface area contributed by atoms with Gasteiger partial charge in [0.05, 0.1) is 18.2 Å². The number of aliphatic hydroxyl groups excluding tert-OH is 2. The number of aromatic hydroxyl groups is 1. The molecule has 8 amide bonds. The number of benzene rings is 3. The summed E-state index contributed by atoms with van der Waals surface area (Å²) in [6, 6.07) is 10.1. The highest BCUT2D eigenvalue weighted by molar-refractivity contribution is 8.77. The van der Waals surface area contributed by atoms with Crippen LogP contribution < -0.4 is 54.4 Å². The fourth-order valence-electron chi connectivity index (χ4n) is 8.05. The number of aliphatic hydroxyl groups is 2. The zero-order valence-electron chi connectivity index (χ0n) is 41.5. The predicted molar refractivity (Wildman–Crippen MR) is 280 cm³/mol. The molecule has 0 aliphatic carbocycles. The molecule has 1 saturated heterocycles. The third kappa shape index (κ3) is 16.4. The van der Waals surface area contributed by atoms with Gasteiger partial charge in [-0.15, -0.1) is 0 Å². The number of para-hydroxylation sites is 1. The summed E-state index contributed by atoms with van der Waals surface area (Å²) < 4.78 is -1.42. The van der Waals surface area contributed by atoms with E-state index in [1.807, 2.05) is 18.2 Å². The quantitative estimate of drug-likeness (QED) is 0.0585. The topological polar surface area (TPSA) is 375 Å². The van der Waals surface area contributed by atoms with Crippen LogP contribution in [0.25, 0.3) is 10.9 Å². The van der Waals surface area contributed by atoms with Gasteiger partial charge < -0.3 is 74.7 Å². The Balaban J connectivity index is 1.62. The van der Waals surface area contributed by atoms with E-state index in [0.29, 0.717) is 11.1 Å². The summed E-state index contributed by atoms with van der Waals surface area (Å²) >= 11 is 0. The number of carbonyl (C=O) groups is 8. The molecular formula is C50H67N11O11S2. The average Bonchev–Trinajstić information content (AvgIpc) is 3.76. The van der Waals surface area contributed by atoms with Gasteiger partial charge in [-0.2, -0.15) is 0 Å². The van der Waals surface area contributed by atoms with Gasteiger partial charge in [0.15, 0.2) is 0 Å². The molecular weight excluding hydrogens is 995 g/mol. The Labute approximate surface area is 436 Å². The zero-order valence-corrected chi connectivity index (χ0v) is 43.1. The number of amides is 8. The summed E-state index contributed by atoms with van der Waals surface area (Å²) in [6.45, 7) is 5.57. The number of carbonyl (C=O) groups excluding carboxylic acids is 8. The number of hydrogen-bond donors (Lipinski definition) is 14. The summed E-state index contributed by atoms with van der Waals surface area (Å²) in [4.78, 5) is 116. The van der Waals surface area contributed by atoms with Crippen molar-refractivity contribution in [2.24, 2.45) is 17.2 Å². The minimum Gasteiger partial charge on any atom is -0.508 e. The van der Waals surface area contributed by atoms with Crippen LogP contribution in [0.15, 0.2) is 85.1 Å². The highest BCUT2D eigenvalue weighted by atomic mass is 33.1. The van der Waals surface area contributed by atoms with E-state index >= 15 is 0 Å². The molecule has 10 atom stereocenters. The van der Waals surface area contributed by atoms with Crippen LogP contribution in [-0.2, 0) is 57.6 Å². The molecule has 3 aromatic carbocycles. The maximum Gasteiger partial charge on any atom is 0.245 e. The van der Waals surface area contributed by atoms with Gasteiger partial charge in [0, 0.05) is 40.4 Å². The molecule has 1 aliphatic heterocycles. The summed E-state index contributed by atoms with van der Waals surface area (Å²) in [6.07, 6.45) is -1.53. The maximum absolute atomic E-state index is 14.8. The van der Waals surface area contributed by atoms with Gasteiger partial charge in [-0.3, -0.25) is 38.4 Å². The lowest BCUT2D eigenvalue weighted by atomic mass is 9.99. The number of aromatic nitrogens is 1. The molecule has 4 aromatic rings.